The zero-order valence-electron chi connectivity index (χ0n) is 17.6. The monoisotopic (exact) mass is 450 g/mol. The number of oxime groups is 1. The van der Waals surface area contributed by atoms with Gasteiger partial charge < -0.3 is 9.25 Å². The largest absolute Gasteiger partial charge is 0.403 e. The molecule has 1 N–H and O–H groups in total. The van der Waals surface area contributed by atoms with Gasteiger partial charge in [-0.2, -0.15) is 9.29 Å². The van der Waals surface area contributed by atoms with E-state index in [-0.39, 0.29) is 29.2 Å². The van der Waals surface area contributed by atoms with Crippen LogP contribution in [0.25, 0.3) is 11.1 Å². The predicted molar refractivity (Wildman–Crippen MR) is 115 cm³/mol. The Morgan fingerprint density at radius 2 is 1.97 bits per heavy atom. The summed E-state index contributed by atoms with van der Waals surface area (Å²) in [5, 5.41) is 4.35. The lowest BCUT2D eigenvalue weighted by atomic mass is 10.0. The van der Waals surface area contributed by atoms with E-state index in [4.69, 9.17) is 9.25 Å². The highest BCUT2D eigenvalue weighted by Gasteiger charge is 2.44. The minimum absolute atomic E-state index is 0.0788. The van der Waals surface area contributed by atoms with Crippen LogP contribution in [-0.4, -0.2) is 46.7 Å². The van der Waals surface area contributed by atoms with Gasteiger partial charge >= 0.3 is 11.6 Å². The van der Waals surface area contributed by atoms with Crippen molar-refractivity contribution in [2.45, 2.75) is 70.4 Å². The van der Waals surface area contributed by atoms with Crippen molar-refractivity contribution in [1.29, 1.82) is 0 Å². The normalized spacial score (nSPS) is 21.5. The lowest BCUT2D eigenvalue weighted by Crippen LogP contribution is -2.46. The average molecular weight is 451 g/mol. The number of H-pyrrole nitrogens is 1. The topological polar surface area (TPSA) is 135 Å². The van der Waals surface area contributed by atoms with Crippen LogP contribution >= 0.6 is 0 Å². The van der Waals surface area contributed by atoms with Crippen LogP contribution < -0.4 is 16.0 Å². The van der Waals surface area contributed by atoms with Crippen molar-refractivity contribution >= 4 is 26.8 Å². The molecule has 0 amide bonds. The van der Waals surface area contributed by atoms with E-state index in [2.05, 4.69) is 22.0 Å². The van der Waals surface area contributed by atoms with Crippen molar-refractivity contribution in [3.8, 4) is 6.01 Å². The Balaban J connectivity index is 1.56. The number of aromatic amines is 1. The number of unbranched alkanes of at least 4 members (excludes halogenated alkanes) is 2. The van der Waals surface area contributed by atoms with Gasteiger partial charge in [-0.3, -0.25) is 9.78 Å². The first kappa shape index (κ1) is 21.7. The van der Waals surface area contributed by atoms with Crippen molar-refractivity contribution in [3.63, 3.8) is 0 Å². The molecule has 2 aliphatic rings. The lowest BCUT2D eigenvalue weighted by Gasteiger charge is -2.32. The number of nitrogens with zero attached hydrogens (tertiary/aromatic N) is 3. The molecule has 168 valence electrons. The van der Waals surface area contributed by atoms with Gasteiger partial charge in [-0.05, 0) is 31.2 Å². The lowest BCUT2D eigenvalue weighted by molar-refractivity contribution is 0.283. The third kappa shape index (κ3) is 4.57. The van der Waals surface area contributed by atoms with Gasteiger partial charge in [-0.15, -0.1) is 0 Å². The maximum Gasteiger partial charge on any atom is 0.337 e. The smallest absolute Gasteiger partial charge is 0.337 e. The van der Waals surface area contributed by atoms with Crippen LogP contribution in [0.4, 0.5) is 0 Å². The quantitative estimate of drug-likeness (QED) is 0.503. The first-order chi connectivity index (χ1) is 14.8. The van der Waals surface area contributed by atoms with Gasteiger partial charge in [0.15, 0.2) is 0 Å². The summed E-state index contributed by atoms with van der Waals surface area (Å²) in [6, 6.07) is 0.921. The van der Waals surface area contributed by atoms with Crippen molar-refractivity contribution in [1.82, 2.24) is 14.3 Å². The Morgan fingerprint density at radius 1 is 1.26 bits per heavy atom. The number of fused-ring (bicyclic) bond motifs is 3. The Hall–Kier alpha value is -2.53. The van der Waals surface area contributed by atoms with Crippen molar-refractivity contribution in [3.05, 3.63) is 32.4 Å². The minimum atomic E-state index is -3.26. The highest BCUT2D eigenvalue weighted by Crippen LogP contribution is 2.36. The van der Waals surface area contributed by atoms with Crippen LogP contribution in [0.15, 0.2) is 25.2 Å². The fraction of sp³-hybridized carbons (Fsp3) is 0.600. The van der Waals surface area contributed by atoms with Gasteiger partial charge in [0.25, 0.3) is 5.56 Å². The SMILES string of the molecule is CCCCCc1cc(=O)oc2nc(ON=C3CC4CCC(C3)N4S(C)(=O)=O)[nH]c(=O)c12. The maximum atomic E-state index is 12.6. The molecule has 2 unspecified atom stereocenters. The molecule has 0 aliphatic carbocycles. The van der Waals surface area contributed by atoms with Crippen LogP contribution in [0.2, 0.25) is 0 Å². The maximum absolute atomic E-state index is 12.6. The summed E-state index contributed by atoms with van der Waals surface area (Å²) in [7, 11) is -3.26. The fourth-order valence-electron chi connectivity index (χ4n) is 4.61. The molecular weight excluding hydrogens is 424 g/mol. The van der Waals surface area contributed by atoms with Gasteiger partial charge in [-0.1, -0.05) is 24.9 Å². The van der Waals surface area contributed by atoms with Crippen molar-refractivity contribution < 1.29 is 17.7 Å². The molecule has 4 heterocycles. The number of sulfonamides is 1. The zero-order valence-corrected chi connectivity index (χ0v) is 18.4. The second-order valence-corrected chi connectivity index (χ2v) is 10.1. The van der Waals surface area contributed by atoms with E-state index in [9.17, 15) is 18.0 Å². The van der Waals surface area contributed by atoms with Gasteiger partial charge in [0.2, 0.25) is 15.7 Å². The molecule has 2 bridgehead atoms. The number of aryl methyl sites for hydroxylation is 1. The molecule has 2 saturated heterocycles. The average Bonchev–Trinajstić information content (AvgIpc) is 2.98. The summed E-state index contributed by atoms with van der Waals surface area (Å²) < 4.78 is 30.7. The fourth-order valence-corrected chi connectivity index (χ4v) is 6.05. The molecule has 2 fully saturated rings. The molecule has 10 nitrogen and oxygen atoms in total. The molecule has 0 radical (unpaired) electrons. The molecule has 0 spiro atoms. The molecule has 4 rings (SSSR count). The summed E-state index contributed by atoms with van der Waals surface area (Å²) in [5.41, 5.74) is 0.215. The standard InChI is InChI=1S/C20H26N4O6S/c1-3-4-5-6-12-9-16(25)29-19-17(12)18(26)21-20(22-19)30-23-13-10-14-7-8-15(11-13)24(14)31(2,27)28/h9,14-15H,3-8,10-11H2,1-2H3,(H,21,22,26). The Morgan fingerprint density at radius 3 is 2.61 bits per heavy atom. The number of nitrogens with one attached hydrogen (secondary N) is 1. The van der Waals surface area contributed by atoms with E-state index < -0.39 is 21.2 Å². The van der Waals surface area contributed by atoms with E-state index >= 15 is 0 Å². The molecule has 11 heteroatoms. The second kappa shape index (κ2) is 8.54. The molecular formula is C20H26N4O6S. The van der Waals surface area contributed by atoms with Crippen LogP contribution in [0.3, 0.4) is 0 Å². The second-order valence-electron chi connectivity index (χ2n) is 8.23. The Kier molecular flexibility index (Phi) is 5.98. The first-order valence-electron chi connectivity index (χ1n) is 10.5. The van der Waals surface area contributed by atoms with Gasteiger partial charge in [0.05, 0.1) is 12.0 Å². The van der Waals surface area contributed by atoms with Gasteiger partial charge in [-0.25, -0.2) is 13.2 Å². The van der Waals surface area contributed by atoms with E-state index in [1.807, 2.05) is 0 Å². The van der Waals surface area contributed by atoms with E-state index in [1.54, 1.807) is 4.31 Å². The first-order valence-corrected chi connectivity index (χ1v) is 12.4. The number of hydrogen-bond acceptors (Lipinski definition) is 8. The summed E-state index contributed by atoms with van der Waals surface area (Å²) in [5.74, 6) is 0. The van der Waals surface area contributed by atoms with Crippen LogP contribution in [0.1, 0.15) is 57.4 Å². The zero-order chi connectivity index (χ0) is 22.2. The minimum Gasteiger partial charge on any atom is -0.403 e. The van der Waals surface area contributed by atoms with E-state index in [0.717, 1.165) is 32.1 Å². The number of rotatable bonds is 7. The highest BCUT2D eigenvalue weighted by molar-refractivity contribution is 7.88. The third-order valence-corrected chi connectivity index (χ3v) is 7.23. The van der Waals surface area contributed by atoms with Gasteiger partial charge in [0, 0.05) is 31.0 Å². The summed E-state index contributed by atoms with van der Waals surface area (Å²) in [4.78, 5) is 36.6. The van der Waals surface area contributed by atoms with Crippen LogP contribution in [-0.2, 0) is 16.4 Å². The van der Waals surface area contributed by atoms with Crippen LogP contribution in [0, 0.1) is 0 Å². The number of piperidine rings is 1. The molecule has 2 aliphatic heterocycles. The number of hydrogen-bond donors (Lipinski definition) is 1. The Bertz CT molecular complexity index is 1220. The summed E-state index contributed by atoms with van der Waals surface area (Å²) in [6.45, 7) is 2.08. The number of aromatic nitrogens is 2. The Labute approximate surface area is 179 Å². The molecule has 0 saturated carbocycles. The van der Waals surface area contributed by atoms with Crippen LogP contribution in [0.5, 0.6) is 6.01 Å². The van der Waals surface area contributed by atoms with Crippen molar-refractivity contribution in [2.24, 2.45) is 5.16 Å². The third-order valence-electron chi connectivity index (χ3n) is 5.86. The molecule has 0 aromatic carbocycles. The molecule has 2 atom stereocenters. The van der Waals surface area contributed by atoms with E-state index in [1.165, 1.54) is 12.3 Å². The predicted octanol–water partition coefficient (Wildman–Crippen LogP) is 1.93. The summed E-state index contributed by atoms with van der Waals surface area (Å²) in [6.07, 6.45) is 7.19. The molecule has 2 aromatic rings. The highest BCUT2D eigenvalue weighted by atomic mass is 32.2. The van der Waals surface area contributed by atoms with E-state index in [0.29, 0.717) is 30.5 Å². The van der Waals surface area contributed by atoms with Crippen molar-refractivity contribution in [2.75, 3.05) is 6.26 Å². The molecule has 2 aromatic heterocycles. The summed E-state index contributed by atoms with van der Waals surface area (Å²) >= 11 is 0. The van der Waals surface area contributed by atoms with Gasteiger partial charge in [0.1, 0.15) is 5.39 Å². The molecule has 31 heavy (non-hydrogen) atoms.